The minimum Gasteiger partial charge on any atom is -0.497 e. The van der Waals surface area contributed by atoms with Gasteiger partial charge < -0.3 is 9.47 Å². The average Bonchev–Trinajstić information content (AvgIpc) is 2.53. The van der Waals surface area contributed by atoms with Gasteiger partial charge in [0.25, 0.3) is 0 Å². The summed E-state index contributed by atoms with van der Waals surface area (Å²) in [7, 11) is 3.32. The first kappa shape index (κ1) is 20.9. The molecule has 142 valence electrons. The molecule has 2 aromatic rings. The van der Waals surface area contributed by atoms with Crippen molar-refractivity contribution in [2.75, 3.05) is 14.2 Å². The van der Waals surface area contributed by atoms with Crippen molar-refractivity contribution in [2.45, 2.75) is 52.4 Å². The maximum absolute atomic E-state index is 6.84. The smallest absolute Gasteiger partial charge is 0.119 e. The fraction of sp³-hybridized carbons (Fsp3) is 0.455. The molecule has 2 nitrogen and oxygen atoms in total. The number of rotatable bonds is 3. The SMILES string of the molecule is COc1cc(-c2cc(OC)cc(C(C)(C)C)c2Cl)c(Cl)c(C(C)(C)C)c1. The fourth-order valence-electron chi connectivity index (χ4n) is 2.92. The maximum atomic E-state index is 6.84. The van der Waals surface area contributed by atoms with E-state index in [4.69, 9.17) is 32.7 Å². The highest BCUT2D eigenvalue weighted by molar-refractivity contribution is 6.37. The zero-order valence-electron chi connectivity index (χ0n) is 16.9. The number of ether oxygens (including phenoxy) is 2. The Hall–Kier alpha value is -1.38. The summed E-state index contributed by atoms with van der Waals surface area (Å²) in [6.45, 7) is 12.8. The molecule has 26 heavy (non-hydrogen) atoms. The second-order valence-corrected chi connectivity index (χ2v) is 9.33. The van der Waals surface area contributed by atoms with E-state index in [-0.39, 0.29) is 10.8 Å². The molecule has 0 radical (unpaired) electrons. The molecule has 0 unspecified atom stereocenters. The molecule has 0 aliphatic rings. The first-order chi connectivity index (χ1) is 11.9. The van der Waals surface area contributed by atoms with Crippen LogP contribution in [0.5, 0.6) is 11.5 Å². The van der Waals surface area contributed by atoms with E-state index in [1.165, 1.54) is 0 Å². The van der Waals surface area contributed by atoms with Crippen molar-refractivity contribution in [1.82, 2.24) is 0 Å². The molecular weight excluding hydrogens is 367 g/mol. The molecule has 2 aromatic carbocycles. The van der Waals surface area contributed by atoms with E-state index < -0.39 is 0 Å². The number of methoxy groups -OCH3 is 2. The number of hydrogen-bond acceptors (Lipinski definition) is 2. The Balaban J connectivity index is 2.88. The van der Waals surface area contributed by atoms with Gasteiger partial charge in [0, 0.05) is 11.1 Å². The van der Waals surface area contributed by atoms with Gasteiger partial charge in [-0.2, -0.15) is 0 Å². The Morgan fingerprint density at radius 1 is 0.615 bits per heavy atom. The molecule has 0 saturated heterocycles. The van der Waals surface area contributed by atoms with E-state index in [0.717, 1.165) is 33.8 Å². The Kier molecular flexibility index (Phi) is 5.90. The highest BCUT2D eigenvalue weighted by Gasteiger charge is 2.26. The highest BCUT2D eigenvalue weighted by atomic mass is 35.5. The monoisotopic (exact) mass is 394 g/mol. The van der Waals surface area contributed by atoms with Gasteiger partial charge in [0.1, 0.15) is 11.5 Å². The van der Waals surface area contributed by atoms with E-state index in [9.17, 15) is 0 Å². The third kappa shape index (κ3) is 4.13. The molecule has 0 fully saturated rings. The standard InChI is InChI=1S/C22H28Cl2O2/c1-21(2,3)17-11-13(25-7)9-15(19(17)23)16-10-14(26-8)12-18(20(16)24)22(4,5)6/h9-12H,1-8H3. The van der Waals surface area contributed by atoms with Gasteiger partial charge in [0.05, 0.1) is 24.3 Å². The lowest BCUT2D eigenvalue weighted by Crippen LogP contribution is -2.14. The normalized spacial score (nSPS) is 12.2. The van der Waals surface area contributed by atoms with Gasteiger partial charge in [0.2, 0.25) is 0 Å². The van der Waals surface area contributed by atoms with Crippen LogP contribution in [-0.4, -0.2) is 14.2 Å². The van der Waals surface area contributed by atoms with Crippen LogP contribution in [0, 0.1) is 0 Å². The van der Waals surface area contributed by atoms with Crippen LogP contribution in [-0.2, 0) is 10.8 Å². The highest BCUT2D eigenvalue weighted by Crippen LogP contribution is 2.46. The topological polar surface area (TPSA) is 18.5 Å². The van der Waals surface area contributed by atoms with E-state index in [1.807, 2.05) is 24.3 Å². The van der Waals surface area contributed by atoms with Gasteiger partial charge in [-0.3, -0.25) is 0 Å². The molecule has 0 aliphatic carbocycles. The van der Waals surface area contributed by atoms with Crippen LogP contribution in [0.2, 0.25) is 10.0 Å². The third-order valence-corrected chi connectivity index (χ3v) is 5.28. The molecule has 0 amide bonds. The molecule has 0 saturated carbocycles. The first-order valence-corrected chi connectivity index (χ1v) is 9.42. The summed E-state index contributed by atoms with van der Waals surface area (Å²) >= 11 is 13.7. The number of halogens is 2. The Labute approximate surface area is 167 Å². The van der Waals surface area contributed by atoms with E-state index in [1.54, 1.807) is 14.2 Å². The predicted octanol–water partition coefficient (Wildman–Crippen LogP) is 7.27. The Morgan fingerprint density at radius 2 is 0.923 bits per heavy atom. The van der Waals surface area contributed by atoms with Gasteiger partial charge in [-0.1, -0.05) is 64.7 Å². The molecule has 2 rings (SSSR count). The fourth-order valence-corrected chi connectivity index (χ4v) is 3.90. The van der Waals surface area contributed by atoms with Gasteiger partial charge in [-0.25, -0.2) is 0 Å². The number of benzene rings is 2. The van der Waals surface area contributed by atoms with E-state index in [2.05, 4.69) is 41.5 Å². The quantitative estimate of drug-likeness (QED) is 0.544. The summed E-state index contributed by atoms with van der Waals surface area (Å²) < 4.78 is 11.1. The minimum atomic E-state index is -0.126. The second kappa shape index (κ2) is 7.32. The van der Waals surface area contributed by atoms with Gasteiger partial charge in [-0.05, 0) is 46.2 Å². The van der Waals surface area contributed by atoms with E-state index in [0.29, 0.717) is 10.0 Å². The minimum absolute atomic E-state index is 0.126. The zero-order valence-corrected chi connectivity index (χ0v) is 18.4. The van der Waals surface area contributed by atoms with Crippen LogP contribution in [0.25, 0.3) is 11.1 Å². The van der Waals surface area contributed by atoms with Crippen LogP contribution in [0.1, 0.15) is 52.7 Å². The summed E-state index contributed by atoms with van der Waals surface area (Å²) in [5, 5.41) is 1.38. The lowest BCUT2D eigenvalue weighted by Gasteiger charge is -2.26. The lowest BCUT2D eigenvalue weighted by atomic mass is 9.83. The van der Waals surface area contributed by atoms with Gasteiger partial charge in [0.15, 0.2) is 0 Å². The van der Waals surface area contributed by atoms with Crippen molar-refractivity contribution in [1.29, 1.82) is 0 Å². The summed E-state index contributed by atoms with van der Waals surface area (Å²) in [6.07, 6.45) is 0. The molecular formula is C22H28Cl2O2. The molecule has 0 aromatic heterocycles. The Bertz CT molecular complexity index is 743. The number of hydrogen-bond donors (Lipinski definition) is 0. The molecule has 0 heterocycles. The van der Waals surface area contributed by atoms with Crippen molar-refractivity contribution < 1.29 is 9.47 Å². The molecule has 0 bridgehead atoms. The van der Waals surface area contributed by atoms with Crippen LogP contribution in [0.4, 0.5) is 0 Å². The van der Waals surface area contributed by atoms with Crippen molar-refractivity contribution in [3.63, 3.8) is 0 Å². The van der Waals surface area contributed by atoms with Gasteiger partial charge >= 0.3 is 0 Å². The average molecular weight is 395 g/mol. The third-order valence-electron chi connectivity index (χ3n) is 4.47. The molecule has 0 atom stereocenters. The second-order valence-electron chi connectivity index (χ2n) is 8.57. The maximum Gasteiger partial charge on any atom is 0.119 e. The summed E-state index contributed by atoms with van der Waals surface area (Å²) in [5.41, 5.74) is 3.49. The summed E-state index contributed by atoms with van der Waals surface area (Å²) in [6, 6.07) is 7.85. The van der Waals surface area contributed by atoms with Crippen molar-refractivity contribution in [3.05, 3.63) is 45.4 Å². The van der Waals surface area contributed by atoms with Crippen LogP contribution >= 0.6 is 23.2 Å². The summed E-state index contributed by atoms with van der Waals surface area (Å²) in [4.78, 5) is 0. The zero-order chi connectivity index (χ0) is 19.9. The van der Waals surface area contributed by atoms with Crippen LogP contribution < -0.4 is 9.47 Å². The van der Waals surface area contributed by atoms with Crippen LogP contribution in [0.3, 0.4) is 0 Å². The molecule has 0 N–H and O–H groups in total. The van der Waals surface area contributed by atoms with Crippen molar-refractivity contribution in [2.24, 2.45) is 0 Å². The molecule has 4 heteroatoms. The van der Waals surface area contributed by atoms with Crippen molar-refractivity contribution >= 4 is 23.2 Å². The predicted molar refractivity (Wildman–Crippen MR) is 112 cm³/mol. The molecule has 0 spiro atoms. The summed E-state index contributed by atoms with van der Waals surface area (Å²) in [5.74, 6) is 1.51. The lowest BCUT2D eigenvalue weighted by molar-refractivity contribution is 0.412. The van der Waals surface area contributed by atoms with Crippen molar-refractivity contribution in [3.8, 4) is 22.6 Å². The van der Waals surface area contributed by atoms with Gasteiger partial charge in [-0.15, -0.1) is 0 Å². The van der Waals surface area contributed by atoms with E-state index >= 15 is 0 Å². The first-order valence-electron chi connectivity index (χ1n) is 8.66. The molecule has 0 aliphatic heterocycles. The Morgan fingerprint density at radius 3 is 1.15 bits per heavy atom. The largest absolute Gasteiger partial charge is 0.497 e. The van der Waals surface area contributed by atoms with Crippen LogP contribution in [0.15, 0.2) is 24.3 Å².